The van der Waals surface area contributed by atoms with Crippen LogP contribution in [-0.4, -0.2) is 17.1 Å². The highest BCUT2D eigenvalue weighted by Gasteiger charge is 2.35. The molecule has 0 aliphatic heterocycles. The molecule has 1 heterocycles. The second kappa shape index (κ2) is 8.38. The van der Waals surface area contributed by atoms with Crippen LogP contribution in [0.25, 0.3) is 0 Å². The van der Waals surface area contributed by atoms with Crippen molar-refractivity contribution in [3.05, 3.63) is 65.9 Å². The molecule has 0 bridgehead atoms. The molecule has 5 nitrogen and oxygen atoms in total. The number of hydrogen-bond acceptors (Lipinski definition) is 5. The van der Waals surface area contributed by atoms with E-state index in [1.807, 2.05) is 24.3 Å². The number of hydrogen-bond donors (Lipinski definition) is 2. The van der Waals surface area contributed by atoms with E-state index in [4.69, 9.17) is 4.74 Å². The quantitative estimate of drug-likeness (QED) is 0.521. The highest BCUT2D eigenvalue weighted by atomic mass is 19.4. The van der Waals surface area contributed by atoms with Crippen LogP contribution in [0.2, 0.25) is 0 Å². The van der Waals surface area contributed by atoms with Gasteiger partial charge in [0.1, 0.15) is 17.1 Å². The Labute approximate surface area is 167 Å². The molecule has 0 radical (unpaired) electrons. The molecule has 0 aliphatic rings. The smallest absolute Gasteiger partial charge is 0.421 e. The number of methoxy groups -OCH3 is 1. The van der Waals surface area contributed by atoms with Gasteiger partial charge in [-0.25, -0.2) is 4.98 Å². The van der Waals surface area contributed by atoms with Gasteiger partial charge in [0.15, 0.2) is 0 Å². The lowest BCUT2D eigenvalue weighted by molar-refractivity contribution is -0.137. The van der Waals surface area contributed by atoms with E-state index in [2.05, 4.69) is 34.4 Å². The van der Waals surface area contributed by atoms with E-state index in [-0.39, 0.29) is 11.8 Å². The first-order valence-corrected chi connectivity index (χ1v) is 8.99. The number of ether oxygens (including phenoxy) is 1. The van der Waals surface area contributed by atoms with Crippen LogP contribution in [0.15, 0.2) is 54.7 Å². The fourth-order valence-corrected chi connectivity index (χ4v) is 2.70. The normalized spacial score (nSPS) is 11.4. The molecular weight excluding hydrogens is 381 g/mol. The van der Waals surface area contributed by atoms with Crippen LogP contribution in [0.5, 0.6) is 5.75 Å². The van der Waals surface area contributed by atoms with Gasteiger partial charge in [-0.15, -0.1) is 0 Å². The lowest BCUT2D eigenvalue weighted by atomic mass is 10.0. The molecule has 8 heteroatoms. The molecule has 0 saturated heterocycles. The molecular formula is C21H21F3N4O. The van der Waals surface area contributed by atoms with Crippen molar-refractivity contribution >= 4 is 23.1 Å². The number of nitrogens with one attached hydrogen (secondary N) is 2. The molecule has 0 saturated carbocycles. The minimum absolute atomic E-state index is 0.0488. The van der Waals surface area contributed by atoms with Gasteiger partial charge in [0.25, 0.3) is 0 Å². The zero-order valence-corrected chi connectivity index (χ0v) is 16.2. The standard InChI is InChI=1S/C21H21F3N4O/c1-13(2)14-8-10-15(11-9-14)26-20-25-12-16(21(22,23)24)19(28-20)27-17-6-4-5-7-18(17)29-3/h4-13H,1-3H3,(H2,25,26,27,28). The van der Waals surface area contributed by atoms with Gasteiger partial charge >= 0.3 is 6.18 Å². The van der Waals surface area contributed by atoms with E-state index in [0.717, 1.165) is 11.8 Å². The number of halogens is 3. The Balaban J connectivity index is 1.93. The van der Waals surface area contributed by atoms with E-state index < -0.39 is 11.7 Å². The van der Waals surface area contributed by atoms with Gasteiger partial charge in [0.2, 0.25) is 5.95 Å². The van der Waals surface area contributed by atoms with Crippen LogP contribution in [-0.2, 0) is 6.18 Å². The molecule has 0 atom stereocenters. The fraction of sp³-hybridized carbons (Fsp3) is 0.238. The molecule has 3 aromatic rings. The maximum Gasteiger partial charge on any atom is 0.421 e. The fourth-order valence-electron chi connectivity index (χ4n) is 2.70. The summed E-state index contributed by atoms with van der Waals surface area (Å²) in [4.78, 5) is 7.88. The Morgan fingerprint density at radius 1 is 0.966 bits per heavy atom. The monoisotopic (exact) mass is 402 g/mol. The van der Waals surface area contributed by atoms with Crippen LogP contribution in [0, 0.1) is 0 Å². The van der Waals surface area contributed by atoms with Gasteiger partial charge in [-0.05, 0) is 35.7 Å². The molecule has 1 aromatic heterocycles. The van der Waals surface area contributed by atoms with E-state index in [1.165, 1.54) is 7.11 Å². The summed E-state index contributed by atoms with van der Waals surface area (Å²) >= 11 is 0. The van der Waals surface area contributed by atoms with Crippen LogP contribution < -0.4 is 15.4 Å². The largest absolute Gasteiger partial charge is 0.495 e. The predicted octanol–water partition coefficient (Wildman–Crippen LogP) is 6.11. The van der Waals surface area contributed by atoms with Gasteiger partial charge in [-0.2, -0.15) is 18.2 Å². The molecule has 0 fully saturated rings. The van der Waals surface area contributed by atoms with Crippen molar-refractivity contribution in [1.82, 2.24) is 9.97 Å². The highest BCUT2D eigenvalue weighted by molar-refractivity contribution is 5.67. The third-order valence-corrected chi connectivity index (χ3v) is 4.29. The van der Waals surface area contributed by atoms with Crippen molar-refractivity contribution in [1.29, 1.82) is 0 Å². The first-order valence-electron chi connectivity index (χ1n) is 8.99. The SMILES string of the molecule is COc1ccccc1Nc1nc(Nc2ccc(C(C)C)cc2)ncc1C(F)(F)F. The average Bonchev–Trinajstić information content (AvgIpc) is 2.68. The summed E-state index contributed by atoms with van der Waals surface area (Å²) in [7, 11) is 1.44. The van der Waals surface area contributed by atoms with Crippen LogP contribution >= 0.6 is 0 Å². The summed E-state index contributed by atoms with van der Waals surface area (Å²) in [5.41, 5.74) is 1.23. The van der Waals surface area contributed by atoms with Crippen molar-refractivity contribution in [3.63, 3.8) is 0 Å². The Morgan fingerprint density at radius 3 is 2.28 bits per heavy atom. The zero-order valence-electron chi connectivity index (χ0n) is 16.2. The lowest BCUT2D eigenvalue weighted by Crippen LogP contribution is -2.13. The van der Waals surface area contributed by atoms with E-state index in [9.17, 15) is 13.2 Å². The first-order chi connectivity index (χ1) is 13.8. The Kier molecular flexibility index (Phi) is 5.91. The van der Waals surface area contributed by atoms with E-state index >= 15 is 0 Å². The molecule has 3 rings (SSSR count). The molecule has 0 spiro atoms. The molecule has 152 valence electrons. The Hall–Kier alpha value is -3.29. The van der Waals surface area contributed by atoms with E-state index in [0.29, 0.717) is 23.0 Å². The van der Waals surface area contributed by atoms with Gasteiger partial charge in [-0.1, -0.05) is 38.1 Å². The third kappa shape index (κ3) is 4.96. The third-order valence-electron chi connectivity index (χ3n) is 4.29. The number of nitrogens with zero attached hydrogens (tertiary/aromatic N) is 2. The number of anilines is 4. The van der Waals surface area contributed by atoms with Crippen molar-refractivity contribution in [2.75, 3.05) is 17.7 Å². The maximum atomic E-state index is 13.4. The van der Waals surface area contributed by atoms with Crippen LogP contribution in [0.3, 0.4) is 0 Å². The highest BCUT2D eigenvalue weighted by Crippen LogP contribution is 2.37. The number of aromatic nitrogens is 2. The Bertz CT molecular complexity index is 972. The second-order valence-electron chi connectivity index (χ2n) is 6.68. The zero-order chi connectivity index (χ0) is 21.0. The topological polar surface area (TPSA) is 59.1 Å². The summed E-state index contributed by atoms with van der Waals surface area (Å²) in [5.74, 6) is 0.465. The number of rotatable bonds is 6. The van der Waals surface area contributed by atoms with Crippen LogP contribution in [0.4, 0.5) is 36.3 Å². The molecule has 2 aromatic carbocycles. The molecule has 0 aliphatic carbocycles. The van der Waals surface area contributed by atoms with Crippen molar-refractivity contribution in [2.45, 2.75) is 25.9 Å². The second-order valence-corrected chi connectivity index (χ2v) is 6.68. The van der Waals surface area contributed by atoms with E-state index in [1.54, 1.807) is 24.3 Å². The summed E-state index contributed by atoms with van der Waals surface area (Å²) in [5, 5.41) is 5.66. The number of alkyl halides is 3. The van der Waals surface area contributed by atoms with Crippen molar-refractivity contribution in [2.24, 2.45) is 0 Å². The van der Waals surface area contributed by atoms with Gasteiger partial charge in [0, 0.05) is 11.9 Å². The first kappa shape index (κ1) is 20.4. The van der Waals surface area contributed by atoms with Gasteiger partial charge in [-0.3, -0.25) is 0 Å². The molecule has 0 unspecified atom stereocenters. The molecule has 29 heavy (non-hydrogen) atoms. The summed E-state index contributed by atoms with van der Waals surface area (Å²) in [6.07, 6.45) is -3.85. The Morgan fingerprint density at radius 2 is 1.66 bits per heavy atom. The van der Waals surface area contributed by atoms with Crippen molar-refractivity contribution in [3.8, 4) is 5.75 Å². The number of benzene rings is 2. The van der Waals surface area contributed by atoms with Crippen LogP contribution in [0.1, 0.15) is 30.9 Å². The predicted molar refractivity (Wildman–Crippen MR) is 107 cm³/mol. The van der Waals surface area contributed by atoms with Gasteiger partial charge in [0.05, 0.1) is 12.8 Å². The van der Waals surface area contributed by atoms with Gasteiger partial charge < -0.3 is 15.4 Å². The average molecular weight is 402 g/mol. The minimum Gasteiger partial charge on any atom is -0.495 e. The molecule has 2 N–H and O–H groups in total. The number of para-hydroxylation sites is 2. The minimum atomic E-state index is -4.61. The summed E-state index contributed by atoms with van der Waals surface area (Å²) < 4.78 is 45.5. The maximum absolute atomic E-state index is 13.4. The lowest BCUT2D eigenvalue weighted by Gasteiger charge is -2.16. The molecule has 0 amide bonds. The van der Waals surface area contributed by atoms with Crippen molar-refractivity contribution < 1.29 is 17.9 Å². The summed E-state index contributed by atoms with van der Waals surface area (Å²) in [6.45, 7) is 4.16. The summed E-state index contributed by atoms with van der Waals surface area (Å²) in [6, 6.07) is 14.2.